The minimum Gasteiger partial charge on any atom is -0.481 e. The summed E-state index contributed by atoms with van der Waals surface area (Å²) in [6.07, 6.45) is 12.9. The molecule has 8 rings (SSSR count). The van der Waals surface area contributed by atoms with Gasteiger partial charge in [0.2, 0.25) is 0 Å². The summed E-state index contributed by atoms with van der Waals surface area (Å²) >= 11 is 0. The molecule has 0 amide bonds. The molecule has 0 saturated heterocycles. The lowest BCUT2D eigenvalue weighted by Crippen LogP contribution is -2.62. The average Bonchev–Trinajstić information content (AvgIpc) is 3.27. The number of carbonyl (C=O) groups is 2. The molecule has 8 fully saturated rings. The molecule has 7 heteroatoms. The van der Waals surface area contributed by atoms with Gasteiger partial charge < -0.3 is 25.5 Å². The number of aliphatic hydroxyl groups excluding tert-OH is 3. The Morgan fingerprint density at radius 2 is 1.43 bits per heavy atom. The number of aliphatic carboxylic acids is 2. The molecule has 7 nitrogen and oxygen atoms in total. The van der Waals surface area contributed by atoms with E-state index >= 15 is 0 Å². The highest BCUT2D eigenvalue weighted by Crippen LogP contribution is 2.68. The van der Waals surface area contributed by atoms with E-state index in [4.69, 9.17) is 5.11 Å². The van der Waals surface area contributed by atoms with Crippen LogP contribution in [0, 0.1) is 69.5 Å². The van der Waals surface area contributed by atoms with Crippen LogP contribution in [0.25, 0.3) is 0 Å². The van der Waals surface area contributed by atoms with Crippen molar-refractivity contribution in [1.82, 2.24) is 0 Å². The quantitative estimate of drug-likeness (QED) is 0.277. The summed E-state index contributed by atoms with van der Waals surface area (Å²) in [6, 6.07) is 0. The zero-order chi connectivity index (χ0) is 30.2. The summed E-state index contributed by atoms with van der Waals surface area (Å²) in [5, 5.41) is 51.3. The number of hydrogen-bond acceptors (Lipinski definition) is 5. The second kappa shape index (κ2) is 11.0. The van der Waals surface area contributed by atoms with E-state index in [2.05, 4.69) is 20.8 Å². The average molecular weight is 589 g/mol. The molecule has 238 valence electrons. The van der Waals surface area contributed by atoms with Gasteiger partial charge in [0.25, 0.3) is 0 Å². The van der Waals surface area contributed by atoms with Crippen molar-refractivity contribution in [3.63, 3.8) is 0 Å². The highest BCUT2D eigenvalue weighted by molar-refractivity contribution is 5.75. The van der Waals surface area contributed by atoms with Gasteiger partial charge in [0.15, 0.2) is 0 Å². The van der Waals surface area contributed by atoms with Crippen molar-refractivity contribution < 1.29 is 35.1 Å². The predicted octanol–water partition coefficient (Wildman–Crippen LogP) is 5.74. The Labute approximate surface area is 251 Å². The van der Waals surface area contributed by atoms with E-state index < -0.39 is 18.0 Å². The van der Waals surface area contributed by atoms with Gasteiger partial charge in [0.1, 0.15) is 0 Å². The molecule has 8 aliphatic carbocycles. The molecule has 5 N–H and O–H groups in total. The Morgan fingerprint density at radius 3 is 2.00 bits per heavy atom. The number of carboxylic acid groups (broad SMARTS) is 2. The minimum absolute atomic E-state index is 0.0957. The summed E-state index contributed by atoms with van der Waals surface area (Å²) in [6.45, 7) is 6.72. The number of aliphatic hydroxyl groups is 3. The van der Waals surface area contributed by atoms with Gasteiger partial charge in [-0.1, -0.05) is 20.8 Å². The molecule has 8 saturated carbocycles. The molecule has 42 heavy (non-hydrogen) atoms. The second-order valence-corrected chi connectivity index (χ2v) is 16.9. The van der Waals surface area contributed by atoms with Crippen molar-refractivity contribution in [3.05, 3.63) is 0 Å². The van der Waals surface area contributed by atoms with Crippen LogP contribution in [-0.2, 0) is 9.59 Å². The zero-order valence-electron chi connectivity index (χ0n) is 26.1. The normalized spacial score (nSPS) is 52.8. The van der Waals surface area contributed by atoms with E-state index in [1.54, 1.807) is 0 Å². The van der Waals surface area contributed by atoms with E-state index in [0.29, 0.717) is 30.1 Å². The van der Waals surface area contributed by atoms with Gasteiger partial charge in [0, 0.05) is 6.42 Å². The Balaban J connectivity index is 0.000000200. The lowest BCUT2D eigenvalue weighted by atomic mass is 9.43. The summed E-state index contributed by atoms with van der Waals surface area (Å²) in [5.41, 5.74) is -0.426. The van der Waals surface area contributed by atoms with Crippen LogP contribution < -0.4 is 0 Å². The van der Waals surface area contributed by atoms with Gasteiger partial charge in [-0.2, -0.15) is 0 Å². The molecule has 8 aliphatic rings. The molecule has 0 heterocycles. The van der Waals surface area contributed by atoms with Crippen LogP contribution in [0.5, 0.6) is 0 Å². The highest BCUT2D eigenvalue weighted by Gasteiger charge is 2.65. The molecular weight excluding hydrogens is 532 g/mol. The van der Waals surface area contributed by atoms with Crippen LogP contribution in [0.15, 0.2) is 0 Å². The zero-order valence-corrected chi connectivity index (χ0v) is 26.1. The molecule has 0 radical (unpaired) electrons. The molecule has 0 aromatic heterocycles. The minimum atomic E-state index is -0.748. The van der Waals surface area contributed by atoms with Crippen LogP contribution in [0.3, 0.4) is 0 Å². The number of hydrogen-bond donors (Lipinski definition) is 5. The first-order chi connectivity index (χ1) is 19.8. The predicted molar refractivity (Wildman–Crippen MR) is 158 cm³/mol. The van der Waals surface area contributed by atoms with Crippen LogP contribution >= 0.6 is 0 Å². The first kappa shape index (κ1) is 30.8. The maximum absolute atomic E-state index is 11.5. The topological polar surface area (TPSA) is 135 Å². The first-order valence-corrected chi connectivity index (χ1v) is 17.3. The number of fused-ring (bicyclic) bond motifs is 5. The largest absolute Gasteiger partial charge is 0.481 e. The molecule has 4 bridgehead atoms. The van der Waals surface area contributed by atoms with Gasteiger partial charge in [-0.3, -0.25) is 9.59 Å². The van der Waals surface area contributed by atoms with Crippen molar-refractivity contribution in [2.45, 2.75) is 135 Å². The smallest absolute Gasteiger partial charge is 0.309 e. The van der Waals surface area contributed by atoms with Crippen molar-refractivity contribution in [2.75, 3.05) is 0 Å². The van der Waals surface area contributed by atoms with Gasteiger partial charge >= 0.3 is 11.9 Å². The molecule has 0 spiro atoms. The lowest BCUT2D eigenvalue weighted by Gasteiger charge is -2.63. The number of rotatable bonds is 5. The third-order valence-electron chi connectivity index (χ3n) is 14.8. The summed E-state index contributed by atoms with van der Waals surface area (Å²) in [7, 11) is 0. The Kier molecular flexibility index (Phi) is 8.08. The molecule has 11 atom stereocenters. The number of carboxylic acids is 2. The summed E-state index contributed by atoms with van der Waals surface area (Å²) in [5.74, 6) is 2.75. The van der Waals surface area contributed by atoms with Gasteiger partial charge in [0.05, 0.1) is 23.7 Å². The van der Waals surface area contributed by atoms with E-state index in [9.17, 15) is 30.0 Å². The van der Waals surface area contributed by atoms with Gasteiger partial charge in [-0.05, 0) is 154 Å². The maximum Gasteiger partial charge on any atom is 0.309 e. The molecule has 0 aliphatic heterocycles. The standard InChI is InChI=1S/C24H40O5.C11H16O2/c1-13(4-7-21(28)29)16-5-6-17-22-18(12-20(27)24(16,17)3)23(2)9-8-15(25)10-14(23)11-19(22)26;12-10(13)11-4-7-1-8(5-11)3-9(2-7)6-11/h13-20,22,25-27H,4-12H2,1-3H3,(H,28,29);7-9H,1-6H2,(H,12,13)/t13?,14?,15-,16?,17+,18+,19-,20+,22+,23+,24-;/m1./s1. The van der Waals surface area contributed by atoms with Gasteiger partial charge in [-0.25, -0.2) is 0 Å². The van der Waals surface area contributed by atoms with Crippen molar-refractivity contribution >= 4 is 11.9 Å². The Hall–Kier alpha value is -1.18. The van der Waals surface area contributed by atoms with Crippen molar-refractivity contribution in [2.24, 2.45) is 69.5 Å². The molecule has 0 aromatic carbocycles. The summed E-state index contributed by atoms with van der Waals surface area (Å²) < 4.78 is 0. The summed E-state index contributed by atoms with van der Waals surface area (Å²) in [4.78, 5) is 22.3. The Morgan fingerprint density at radius 1 is 0.810 bits per heavy atom. The van der Waals surface area contributed by atoms with E-state index in [1.807, 2.05) is 0 Å². The third-order valence-corrected chi connectivity index (χ3v) is 14.8. The van der Waals surface area contributed by atoms with Crippen LogP contribution in [-0.4, -0.2) is 55.8 Å². The van der Waals surface area contributed by atoms with E-state index in [-0.39, 0.29) is 46.7 Å². The van der Waals surface area contributed by atoms with Crippen LogP contribution in [0.2, 0.25) is 0 Å². The molecule has 0 aromatic rings. The SMILES string of the molecule is CC(CCC(=O)O)C1CC[C@H]2[C@@H]3[C@H](O)CC4C[C@H](O)CC[C@]4(C)[C@H]3C[C@H](O)[C@]12C.O=C(O)C12CC3CC(CC(C3)C1)C2. The molecule has 3 unspecified atom stereocenters. The highest BCUT2D eigenvalue weighted by atomic mass is 16.4. The van der Waals surface area contributed by atoms with Crippen molar-refractivity contribution in [3.8, 4) is 0 Å². The second-order valence-electron chi connectivity index (χ2n) is 16.9. The third kappa shape index (κ3) is 4.96. The van der Waals surface area contributed by atoms with Gasteiger partial charge in [-0.15, -0.1) is 0 Å². The lowest BCUT2D eigenvalue weighted by molar-refractivity contribution is -0.207. The van der Waals surface area contributed by atoms with Crippen LogP contribution in [0.1, 0.15) is 117 Å². The first-order valence-electron chi connectivity index (χ1n) is 17.3. The molecular formula is C35H56O7. The monoisotopic (exact) mass is 588 g/mol. The van der Waals surface area contributed by atoms with Crippen molar-refractivity contribution in [1.29, 1.82) is 0 Å². The Bertz CT molecular complexity index is 1010. The fraction of sp³-hybridized carbons (Fsp3) is 0.943. The van der Waals surface area contributed by atoms with Crippen LogP contribution in [0.4, 0.5) is 0 Å². The van der Waals surface area contributed by atoms with E-state index in [0.717, 1.165) is 82.0 Å². The fourth-order valence-electron chi connectivity index (χ4n) is 13.1. The maximum atomic E-state index is 11.5. The van der Waals surface area contributed by atoms with E-state index in [1.165, 1.54) is 19.3 Å². The fourth-order valence-corrected chi connectivity index (χ4v) is 13.1.